The van der Waals surface area contributed by atoms with Crippen LogP contribution in [0.2, 0.25) is 0 Å². The van der Waals surface area contributed by atoms with Gasteiger partial charge in [0.1, 0.15) is 0 Å². The predicted octanol–water partition coefficient (Wildman–Crippen LogP) is -0.163. The lowest BCUT2D eigenvalue weighted by molar-refractivity contribution is 0.0907. The maximum atomic E-state index is 11.3. The molecule has 0 saturated carbocycles. The van der Waals surface area contributed by atoms with Crippen molar-refractivity contribution in [1.82, 2.24) is 9.88 Å². The number of aromatic nitrogens is 1. The van der Waals surface area contributed by atoms with E-state index in [4.69, 9.17) is 9.84 Å². The summed E-state index contributed by atoms with van der Waals surface area (Å²) in [4.78, 5) is 11.3. The van der Waals surface area contributed by atoms with Crippen LogP contribution in [0, 0.1) is 0 Å². The minimum Gasteiger partial charge on any atom is -0.394 e. The molecule has 5 heteroatoms. The Kier molecular flexibility index (Phi) is 7.29. The number of nitrogens with one attached hydrogen (secondary N) is 1. The van der Waals surface area contributed by atoms with Gasteiger partial charge < -0.3 is 19.7 Å². The zero-order valence-electron chi connectivity index (χ0n) is 9.97. The van der Waals surface area contributed by atoms with Gasteiger partial charge in [0.05, 0.1) is 13.2 Å². The molecule has 1 heterocycles. The Labute approximate surface area is 101 Å². The predicted molar refractivity (Wildman–Crippen MR) is 66.1 cm³/mol. The topological polar surface area (TPSA) is 63.5 Å². The molecule has 0 amide bonds. The SMILES string of the molecule is O=c1ccccn1CCNCCCOCCO. The van der Waals surface area contributed by atoms with E-state index in [1.807, 2.05) is 6.07 Å². The van der Waals surface area contributed by atoms with E-state index in [0.29, 0.717) is 19.8 Å². The molecular formula is C12H20N2O3. The number of aliphatic hydroxyl groups excluding tert-OH is 1. The summed E-state index contributed by atoms with van der Waals surface area (Å²) in [5, 5.41) is 11.7. The Bertz CT molecular complexity index is 352. The number of pyridine rings is 1. The molecule has 1 rings (SSSR count). The second kappa shape index (κ2) is 8.92. The van der Waals surface area contributed by atoms with Crippen molar-refractivity contribution in [2.45, 2.75) is 13.0 Å². The average molecular weight is 240 g/mol. The van der Waals surface area contributed by atoms with Crippen LogP contribution in [0.5, 0.6) is 0 Å². The zero-order valence-corrected chi connectivity index (χ0v) is 9.97. The van der Waals surface area contributed by atoms with Crippen LogP contribution in [0.3, 0.4) is 0 Å². The van der Waals surface area contributed by atoms with Gasteiger partial charge in [0.25, 0.3) is 5.56 Å². The third-order valence-corrected chi connectivity index (χ3v) is 2.31. The largest absolute Gasteiger partial charge is 0.394 e. The standard InChI is InChI=1S/C12H20N2O3/c15-9-11-17-10-3-5-13-6-8-14-7-2-1-4-12(14)16/h1-2,4,7,13,15H,3,5-6,8-11H2. The summed E-state index contributed by atoms with van der Waals surface area (Å²) in [7, 11) is 0. The molecule has 0 unspecified atom stereocenters. The lowest BCUT2D eigenvalue weighted by Gasteiger charge is -2.07. The quantitative estimate of drug-likeness (QED) is 0.589. The summed E-state index contributed by atoms with van der Waals surface area (Å²) < 4.78 is 6.80. The Balaban J connectivity index is 2.01. The summed E-state index contributed by atoms with van der Waals surface area (Å²) in [5.74, 6) is 0. The number of nitrogens with zero attached hydrogens (tertiary/aromatic N) is 1. The molecular weight excluding hydrogens is 220 g/mol. The molecule has 1 aromatic heterocycles. The van der Waals surface area contributed by atoms with Crippen molar-refractivity contribution < 1.29 is 9.84 Å². The van der Waals surface area contributed by atoms with Crippen molar-refractivity contribution in [3.63, 3.8) is 0 Å². The van der Waals surface area contributed by atoms with Crippen LogP contribution < -0.4 is 10.9 Å². The van der Waals surface area contributed by atoms with Crippen LogP contribution >= 0.6 is 0 Å². The van der Waals surface area contributed by atoms with E-state index < -0.39 is 0 Å². The monoisotopic (exact) mass is 240 g/mol. The molecule has 17 heavy (non-hydrogen) atoms. The lowest BCUT2D eigenvalue weighted by atomic mass is 10.4. The molecule has 96 valence electrons. The van der Waals surface area contributed by atoms with E-state index in [9.17, 15) is 4.79 Å². The number of hydrogen-bond donors (Lipinski definition) is 2. The highest BCUT2D eigenvalue weighted by atomic mass is 16.5. The Hall–Kier alpha value is -1.17. The highest BCUT2D eigenvalue weighted by Gasteiger charge is 1.93. The summed E-state index contributed by atoms with van der Waals surface area (Å²) in [6.45, 7) is 3.43. The Morgan fingerprint density at radius 1 is 1.29 bits per heavy atom. The van der Waals surface area contributed by atoms with E-state index in [-0.39, 0.29) is 12.2 Å². The molecule has 0 bridgehead atoms. The summed E-state index contributed by atoms with van der Waals surface area (Å²) in [6, 6.07) is 5.15. The van der Waals surface area contributed by atoms with Crippen molar-refractivity contribution in [3.8, 4) is 0 Å². The smallest absolute Gasteiger partial charge is 0.250 e. The van der Waals surface area contributed by atoms with E-state index in [0.717, 1.165) is 19.5 Å². The van der Waals surface area contributed by atoms with Gasteiger partial charge in [-0.1, -0.05) is 6.07 Å². The first-order valence-electron chi connectivity index (χ1n) is 5.89. The molecule has 5 nitrogen and oxygen atoms in total. The number of aliphatic hydroxyl groups is 1. The lowest BCUT2D eigenvalue weighted by Crippen LogP contribution is -2.27. The van der Waals surface area contributed by atoms with Gasteiger partial charge in [-0.05, 0) is 19.0 Å². The molecule has 1 aromatic rings. The van der Waals surface area contributed by atoms with Gasteiger partial charge in [0.15, 0.2) is 0 Å². The molecule has 0 aliphatic rings. The van der Waals surface area contributed by atoms with Gasteiger partial charge in [-0.2, -0.15) is 0 Å². The summed E-state index contributed by atoms with van der Waals surface area (Å²) >= 11 is 0. The van der Waals surface area contributed by atoms with Crippen molar-refractivity contribution in [2.75, 3.05) is 32.9 Å². The van der Waals surface area contributed by atoms with E-state index in [1.165, 1.54) is 0 Å². The maximum absolute atomic E-state index is 11.3. The Morgan fingerprint density at radius 2 is 2.18 bits per heavy atom. The van der Waals surface area contributed by atoms with Gasteiger partial charge in [-0.25, -0.2) is 0 Å². The fourth-order valence-electron chi connectivity index (χ4n) is 1.44. The van der Waals surface area contributed by atoms with Crippen LogP contribution in [0.15, 0.2) is 29.2 Å². The van der Waals surface area contributed by atoms with Gasteiger partial charge in [-0.3, -0.25) is 4.79 Å². The molecule has 0 spiro atoms. The first-order valence-corrected chi connectivity index (χ1v) is 5.89. The minimum atomic E-state index is 0.0283. The fourth-order valence-corrected chi connectivity index (χ4v) is 1.44. The average Bonchev–Trinajstić information content (AvgIpc) is 2.35. The first-order chi connectivity index (χ1) is 8.34. The van der Waals surface area contributed by atoms with Crippen molar-refractivity contribution in [2.24, 2.45) is 0 Å². The molecule has 0 aromatic carbocycles. The molecule has 0 aliphatic heterocycles. The third kappa shape index (κ3) is 6.21. The van der Waals surface area contributed by atoms with Crippen LogP contribution in [-0.2, 0) is 11.3 Å². The van der Waals surface area contributed by atoms with Crippen molar-refractivity contribution in [1.29, 1.82) is 0 Å². The molecule has 2 N–H and O–H groups in total. The summed E-state index contributed by atoms with van der Waals surface area (Å²) in [5.41, 5.74) is 0.0283. The molecule has 0 atom stereocenters. The second-order valence-electron chi connectivity index (χ2n) is 3.67. The van der Waals surface area contributed by atoms with Gasteiger partial charge in [-0.15, -0.1) is 0 Å². The van der Waals surface area contributed by atoms with E-state index in [1.54, 1.807) is 22.9 Å². The van der Waals surface area contributed by atoms with Crippen molar-refractivity contribution >= 4 is 0 Å². The van der Waals surface area contributed by atoms with E-state index in [2.05, 4.69) is 5.32 Å². The number of ether oxygens (including phenoxy) is 1. The second-order valence-corrected chi connectivity index (χ2v) is 3.67. The highest BCUT2D eigenvalue weighted by Crippen LogP contribution is 1.83. The third-order valence-electron chi connectivity index (χ3n) is 2.31. The van der Waals surface area contributed by atoms with Gasteiger partial charge in [0, 0.05) is 32.0 Å². The zero-order chi connectivity index (χ0) is 12.3. The minimum absolute atomic E-state index is 0.0283. The van der Waals surface area contributed by atoms with Crippen LogP contribution in [-0.4, -0.2) is 42.6 Å². The molecule has 0 saturated heterocycles. The first kappa shape index (κ1) is 13.9. The number of hydrogen-bond acceptors (Lipinski definition) is 4. The Morgan fingerprint density at radius 3 is 2.94 bits per heavy atom. The highest BCUT2D eigenvalue weighted by molar-refractivity contribution is 4.93. The molecule has 0 radical (unpaired) electrons. The number of rotatable bonds is 9. The van der Waals surface area contributed by atoms with E-state index >= 15 is 0 Å². The van der Waals surface area contributed by atoms with Gasteiger partial charge >= 0.3 is 0 Å². The normalized spacial score (nSPS) is 10.6. The van der Waals surface area contributed by atoms with Crippen LogP contribution in [0.4, 0.5) is 0 Å². The molecule has 0 fully saturated rings. The van der Waals surface area contributed by atoms with Gasteiger partial charge in [0.2, 0.25) is 0 Å². The fraction of sp³-hybridized carbons (Fsp3) is 0.583. The summed E-state index contributed by atoms with van der Waals surface area (Å²) in [6.07, 6.45) is 2.69. The van der Waals surface area contributed by atoms with Crippen molar-refractivity contribution in [3.05, 3.63) is 34.7 Å². The maximum Gasteiger partial charge on any atom is 0.250 e. The van der Waals surface area contributed by atoms with Crippen LogP contribution in [0.1, 0.15) is 6.42 Å². The van der Waals surface area contributed by atoms with Crippen LogP contribution in [0.25, 0.3) is 0 Å². The molecule has 0 aliphatic carbocycles.